The van der Waals surface area contributed by atoms with E-state index in [0.29, 0.717) is 0 Å². The van der Waals surface area contributed by atoms with Crippen LogP contribution in [0.15, 0.2) is 4.47 Å². The summed E-state index contributed by atoms with van der Waals surface area (Å²) in [5.41, 5.74) is 2.43. The molecule has 1 saturated heterocycles. The van der Waals surface area contributed by atoms with Crippen LogP contribution in [-0.2, 0) is 13.1 Å². The van der Waals surface area contributed by atoms with Crippen LogP contribution in [0.1, 0.15) is 31.7 Å². The zero-order valence-corrected chi connectivity index (χ0v) is 13.9. The van der Waals surface area contributed by atoms with E-state index in [1.807, 2.05) is 0 Å². The zero-order chi connectivity index (χ0) is 13.1. The van der Waals surface area contributed by atoms with Crippen molar-refractivity contribution in [2.75, 3.05) is 18.8 Å². The predicted molar refractivity (Wildman–Crippen MR) is 82.2 cm³/mol. The lowest BCUT2D eigenvalue weighted by atomic mass is 10.2. The van der Waals surface area contributed by atoms with E-state index in [-0.39, 0.29) is 0 Å². The van der Waals surface area contributed by atoms with Crippen molar-refractivity contribution in [3.05, 3.63) is 15.9 Å². The fraction of sp³-hybridized carbons (Fsp3) is 0.769. The van der Waals surface area contributed by atoms with Crippen molar-refractivity contribution in [2.45, 2.75) is 45.5 Å². The van der Waals surface area contributed by atoms with Crippen molar-refractivity contribution in [3.8, 4) is 0 Å². The van der Waals surface area contributed by atoms with Crippen LogP contribution in [0.2, 0.25) is 0 Å². The molecule has 0 aromatic carbocycles. The van der Waals surface area contributed by atoms with Gasteiger partial charge in [0.05, 0.1) is 15.9 Å². The summed E-state index contributed by atoms with van der Waals surface area (Å²) < 4.78 is 3.32. The fourth-order valence-corrected chi connectivity index (χ4v) is 4.06. The van der Waals surface area contributed by atoms with Crippen LogP contribution in [0.25, 0.3) is 0 Å². The summed E-state index contributed by atoms with van der Waals surface area (Å²) in [7, 11) is 0. The van der Waals surface area contributed by atoms with E-state index < -0.39 is 0 Å². The van der Waals surface area contributed by atoms with Gasteiger partial charge in [0.2, 0.25) is 0 Å². The molecule has 0 amide bonds. The highest BCUT2D eigenvalue weighted by molar-refractivity contribution is 9.10. The van der Waals surface area contributed by atoms with Gasteiger partial charge in [0.25, 0.3) is 0 Å². The molecule has 0 N–H and O–H groups in total. The van der Waals surface area contributed by atoms with Gasteiger partial charge in [-0.1, -0.05) is 6.92 Å². The van der Waals surface area contributed by atoms with Crippen molar-refractivity contribution in [3.63, 3.8) is 0 Å². The summed E-state index contributed by atoms with van der Waals surface area (Å²) in [6.45, 7) is 10.9. The summed E-state index contributed by atoms with van der Waals surface area (Å²) >= 11 is 5.81. The van der Waals surface area contributed by atoms with E-state index in [1.54, 1.807) is 0 Å². The van der Waals surface area contributed by atoms with Crippen LogP contribution in [0.4, 0.5) is 0 Å². The highest BCUT2D eigenvalue weighted by atomic mass is 79.9. The summed E-state index contributed by atoms with van der Waals surface area (Å²) in [6.07, 6.45) is 1.27. The number of aryl methyl sites for hydroxylation is 2. The average Bonchev–Trinajstić information content (AvgIpc) is 2.67. The third kappa shape index (κ3) is 3.11. The molecule has 1 aromatic rings. The standard InChI is InChI=1S/C13H22BrN3S/c1-4-11-8-16(6-7-18-11)9-12-13(14)10(3)15-17(12)5-2/h11H,4-9H2,1-3H3. The van der Waals surface area contributed by atoms with Crippen LogP contribution in [0.3, 0.4) is 0 Å². The third-order valence-corrected chi connectivity index (χ3v) is 5.91. The molecule has 5 heteroatoms. The SMILES string of the molecule is CCC1CN(Cc2c(Br)c(C)nn2CC)CCS1. The number of thioether (sulfide) groups is 1. The van der Waals surface area contributed by atoms with Gasteiger partial charge in [-0.15, -0.1) is 0 Å². The molecule has 2 heterocycles. The molecule has 2 rings (SSSR count). The maximum absolute atomic E-state index is 4.57. The monoisotopic (exact) mass is 331 g/mol. The molecule has 0 spiro atoms. The number of hydrogen-bond donors (Lipinski definition) is 0. The quantitative estimate of drug-likeness (QED) is 0.844. The van der Waals surface area contributed by atoms with E-state index in [9.17, 15) is 0 Å². The van der Waals surface area contributed by atoms with Crippen LogP contribution >= 0.6 is 27.7 Å². The molecule has 1 aliphatic heterocycles. The van der Waals surface area contributed by atoms with E-state index >= 15 is 0 Å². The average molecular weight is 332 g/mol. The highest BCUT2D eigenvalue weighted by Crippen LogP contribution is 2.26. The predicted octanol–water partition coefficient (Wildman–Crippen LogP) is 3.30. The van der Waals surface area contributed by atoms with Crippen LogP contribution in [-0.4, -0.2) is 38.8 Å². The molecular weight excluding hydrogens is 310 g/mol. The van der Waals surface area contributed by atoms with E-state index in [2.05, 4.69) is 63.1 Å². The smallest absolute Gasteiger partial charge is 0.0739 e. The van der Waals surface area contributed by atoms with Gasteiger partial charge < -0.3 is 0 Å². The second-order valence-corrected chi connectivity index (χ2v) is 7.00. The lowest BCUT2D eigenvalue weighted by molar-refractivity contribution is 0.264. The van der Waals surface area contributed by atoms with E-state index in [4.69, 9.17) is 0 Å². The molecule has 1 fully saturated rings. The molecule has 102 valence electrons. The normalized spacial score (nSPS) is 21.4. The molecule has 0 saturated carbocycles. The Morgan fingerprint density at radius 2 is 2.22 bits per heavy atom. The lowest BCUT2D eigenvalue weighted by Crippen LogP contribution is -2.37. The first kappa shape index (κ1) is 14.4. The van der Waals surface area contributed by atoms with Crippen molar-refractivity contribution >= 4 is 27.7 Å². The van der Waals surface area contributed by atoms with Gasteiger partial charge in [-0.2, -0.15) is 16.9 Å². The first-order chi connectivity index (χ1) is 8.65. The first-order valence-electron chi connectivity index (χ1n) is 6.71. The topological polar surface area (TPSA) is 21.1 Å². The Labute approximate surface area is 122 Å². The van der Waals surface area contributed by atoms with Crippen LogP contribution in [0.5, 0.6) is 0 Å². The second kappa shape index (κ2) is 6.44. The Morgan fingerprint density at radius 1 is 1.44 bits per heavy atom. The summed E-state index contributed by atoms with van der Waals surface area (Å²) in [6, 6.07) is 0. The molecule has 1 atom stereocenters. The fourth-order valence-electron chi connectivity index (χ4n) is 2.40. The van der Waals surface area contributed by atoms with Crippen LogP contribution < -0.4 is 0 Å². The molecule has 1 aromatic heterocycles. The molecule has 0 bridgehead atoms. The molecule has 1 aliphatic rings. The molecule has 0 aliphatic carbocycles. The Balaban J connectivity index is 2.08. The summed E-state index contributed by atoms with van der Waals surface area (Å²) in [4.78, 5) is 2.57. The van der Waals surface area contributed by atoms with Crippen molar-refractivity contribution in [2.24, 2.45) is 0 Å². The number of aromatic nitrogens is 2. The Morgan fingerprint density at radius 3 is 2.89 bits per heavy atom. The van der Waals surface area contributed by atoms with Gasteiger partial charge in [0.15, 0.2) is 0 Å². The Bertz CT molecular complexity index is 405. The number of hydrogen-bond acceptors (Lipinski definition) is 3. The van der Waals surface area contributed by atoms with Gasteiger partial charge >= 0.3 is 0 Å². The van der Waals surface area contributed by atoms with Gasteiger partial charge in [0, 0.05) is 37.2 Å². The largest absolute Gasteiger partial charge is 0.296 e. The van der Waals surface area contributed by atoms with Gasteiger partial charge in [-0.25, -0.2) is 0 Å². The first-order valence-corrected chi connectivity index (χ1v) is 8.55. The lowest BCUT2D eigenvalue weighted by Gasteiger charge is -2.31. The number of halogens is 1. The van der Waals surface area contributed by atoms with Crippen molar-refractivity contribution < 1.29 is 0 Å². The van der Waals surface area contributed by atoms with Gasteiger partial charge in [0.1, 0.15) is 0 Å². The van der Waals surface area contributed by atoms with Gasteiger partial charge in [-0.05, 0) is 36.2 Å². The van der Waals surface area contributed by atoms with E-state index in [0.717, 1.165) is 24.0 Å². The van der Waals surface area contributed by atoms with E-state index in [1.165, 1.54) is 35.4 Å². The number of rotatable bonds is 4. The van der Waals surface area contributed by atoms with Crippen molar-refractivity contribution in [1.29, 1.82) is 0 Å². The Hall–Kier alpha value is -0.000000000000000111. The molecule has 18 heavy (non-hydrogen) atoms. The van der Waals surface area contributed by atoms with Gasteiger partial charge in [-0.3, -0.25) is 9.58 Å². The van der Waals surface area contributed by atoms with Crippen molar-refractivity contribution in [1.82, 2.24) is 14.7 Å². The second-order valence-electron chi connectivity index (χ2n) is 4.80. The minimum absolute atomic E-state index is 0.802. The molecule has 1 unspecified atom stereocenters. The summed E-state index contributed by atoms with van der Waals surface area (Å²) in [5, 5.41) is 5.37. The summed E-state index contributed by atoms with van der Waals surface area (Å²) in [5.74, 6) is 1.26. The minimum Gasteiger partial charge on any atom is -0.296 e. The number of nitrogens with zero attached hydrogens (tertiary/aromatic N) is 3. The molecule has 0 radical (unpaired) electrons. The molecular formula is C13H22BrN3S. The minimum atomic E-state index is 0.802. The van der Waals surface area contributed by atoms with Crippen LogP contribution in [0, 0.1) is 6.92 Å². The Kier molecular flexibility index (Phi) is 5.15. The highest BCUT2D eigenvalue weighted by Gasteiger charge is 2.21. The molecule has 3 nitrogen and oxygen atoms in total. The maximum atomic E-state index is 4.57. The maximum Gasteiger partial charge on any atom is 0.0739 e. The third-order valence-electron chi connectivity index (χ3n) is 3.50. The zero-order valence-electron chi connectivity index (χ0n) is 11.4.